The van der Waals surface area contributed by atoms with Crippen LogP contribution >= 0.6 is 0 Å². The monoisotopic (exact) mass is 428 g/mol. The Kier molecular flexibility index (Phi) is 5.98. The van der Waals surface area contributed by atoms with E-state index in [2.05, 4.69) is 39.8 Å². The van der Waals surface area contributed by atoms with Crippen LogP contribution in [0.3, 0.4) is 0 Å². The van der Waals surface area contributed by atoms with E-state index in [1.807, 2.05) is 66.7 Å². The van der Waals surface area contributed by atoms with Crippen molar-refractivity contribution in [1.29, 1.82) is 0 Å². The van der Waals surface area contributed by atoms with Gasteiger partial charge in [-0.2, -0.15) is 0 Å². The summed E-state index contributed by atoms with van der Waals surface area (Å²) in [7, 11) is 1.05. The quantitative estimate of drug-likeness (QED) is 0.426. The standard InChI is InChI=1S/C27H29BO4/c1-26(2)27(3,4)32-28(31-26)23-17-15-20(16-18-23)19-11-13-22(14-12-19)24(25(29)30-5)21-9-7-6-8-10-21/h6-18,24H,1-5H3. The van der Waals surface area contributed by atoms with Crippen LogP contribution < -0.4 is 5.46 Å². The van der Waals surface area contributed by atoms with Gasteiger partial charge in [0.2, 0.25) is 0 Å². The minimum atomic E-state index is -0.444. The summed E-state index contributed by atoms with van der Waals surface area (Å²) >= 11 is 0. The lowest BCUT2D eigenvalue weighted by molar-refractivity contribution is -0.141. The highest BCUT2D eigenvalue weighted by molar-refractivity contribution is 6.62. The zero-order chi connectivity index (χ0) is 22.9. The van der Waals surface area contributed by atoms with Crippen LogP contribution in [0.25, 0.3) is 11.1 Å². The van der Waals surface area contributed by atoms with Crippen molar-refractivity contribution in [3.8, 4) is 11.1 Å². The number of carbonyl (C=O) groups excluding carboxylic acids is 1. The molecule has 164 valence electrons. The van der Waals surface area contributed by atoms with E-state index < -0.39 is 5.92 Å². The molecular weight excluding hydrogens is 399 g/mol. The van der Waals surface area contributed by atoms with Crippen molar-refractivity contribution in [2.75, 3.05) is 7.11 Å². The van der Waals surface area contributed by atoms with Crippen LogP contribution in [0.4, 0.5) is 0 Å². The lowest BCUT2D eigenvalue weighted by Crippen LogP contribution is -2.41. The maximum atomic E-state index is 12.5. The Morgan fingerprint density at radius 1 is 0.750 bits per heavy atom. The van der Waals surface area contributed by atoms with Crippen molar-refractivity contribution in [3.63, 3.8) is 0 Å². The fourth-order valence-corrected chi connectivity index (χ4v) is 3.91. The number of rotatable bonds is 5. The lowest BCUT2D eigenvalue weighted by atomic mass is 9.78. The molecule has 3 aromatic rings. The highest BCUT2D eigenvalue weighted by Gasteiger charge is 2.51. The highest BCUT2D eigenvalue weighted by Crippen LogP contribution is 2.36. The third kappa shape index (κ3) is 4.23. The van der Waals surface area contributed by atoms with E-state index in [-0.39, 0.29) is 24.3 Å². The predicted octanol–water partition coefficient (Wildman–Crippen LogP) is 4.96. The van der Waals surface area contributed by atoms with Gasteiger partial charge in [-0.15, -0.1) is 0 Å². The third-order valence-electron chi connectivity index (χ3n) is 6.58. The fraction of sp³-hybridized carbons (Fsp3) is 0.296. The zero-order valence-electron chi connectivity index (χ0n) is 19.3. The number of ether oxygens (including phenoxy) is 1. The van der Waals surface area contributed by atoms with Gasteiger partial charge < -0.3 is 14.0 Å². The van der Waals surface area contributed by atoms with Crippen LogP contribution in [0, 0.1) is 0 Å². The largest absolute Gasteiger partial charge is 0.494 e. The average Bonchev–Trinajstić information content (AvgIpc) is 3.02. The molecule has 1 aliphatic heterocycles. The third-order valence-corrected chi connectivity index (χ3v) is 6.58. The summed E-state index contributed by atoms with van der Waals surface area (Å²) in [5, 5.41) is 0. The minimum Gasteiger partial charge on any atom is -0.468 e. The first-order valence-corrected chi connectivity index (χ1v) is 10.9. The molecule has 1 atom stereocenters. The van der Waals surface area contributed by atoms with Gasteiger partial charge in [-0.1, -0.05) is 78.9 Å². The molecule has 0 N–H and O–H groups in total. The minimum absolute atomic E-state index is 0.268. The number of hydrogen-bond donors (Lipinski definition) is 0. The molecule has 0 bridgehead atoms. The molecule has 0 aliphatic carbocycles. The number of benzene rings is 3. The number of esters is 1. The van der Waals surface area contributed by atoms with Crippen LogP contribution in [-0.2, 0) is 18.8 Å². The predicted molar refractivity (Wildman–Crippen MR) is 128 cm³/mol. The van der Waals surface area contributed by atoms with E-state index in [0.717, 1.165) is 27.7 Å². The molecule has 0 radical (unpaired) electrons. The van der Waals surface area contributed by atoms with Crippen molar-refractivity contribution in [1.82, 2.24) is 0 Å². The molecular formula is C27H29BO4. The summed E-state index contributed by atoms with van der Waals surface area (Å²) in [5.74, 6) is -0.711. The first-order chi connectivity index (χ1) is 15.2. The second kappa shape index (κ2) is 8.57. The van der Waals surface area contributed by atoms with Gasteiger partial charge in [0.1, 0.15) is 5.92 Å². The highest BCUT2D eigenvalue weighted by atomic mass is 16.7. The summed E-state index contributed by atoms with van der Waals surface area (Å²) in [6.07, 6.45) is 0. The average molecular weight is 428 g/mol. The van der Waals surface area contributed by atoms with E-state index in [1.54, 1.807) is 0 Å². The Balaban J connectivity index is 1.55. The van der Waals surface area contributed by atoms with Crippen molar-refractivity contribution in [2.45, 2.75) is 44.8 Å². The molecule has 1 unspecified atom stereocenters. The Bertz CT molecular complexity index is 1060. The smallest absolute Gasteiger partial charge is 0.468 e. The normalized spacial score (nSPS) is 17.7. The van der Waals surface area contributed by atoms with Crippen LogP contribution in [-0.4, -0.2) is 31.4 Å². The summed E-state index contributed by atoms with van der Waals surface area (Å²) in [4.78, 5) is 12.5. The zero-order valence-corrected chi connectivity index (χ0v) is 19.3. The van der Waals surface area contributed by atoms with Gasteiger partial charge in [-0.25, -0.2) is 0 Å². The van der Waals surface area contributed by atoms with Gasteiger partial charge in [0.15, 0.2) is 0 Å². The van der Waals surface area contributed by atoms with Gasteiger partial charge in [0.05, 0.1) is 18.3 Å². The maximum absolute atomic E-state index is 12.5. The first kappa shape index (κ1) is 22.3. The van der Waals surface area contributed by atoms with Crippen molar-refractivity contribution in [3.05, 3.63) is 90.0 Å². The van der Waals surface area contributed by atoms with E-state index >= 15 is 0 Å². The number of carbonyl (C=O) groups is 1. The van der Waals surface area contributed by atoms with Crippen LogP contribution in [0.5, 0.6) is 0 Å². The molecule has 4 rings (SSSR count). The number of hydrogen-bond acceptors (Lipinski definition) is 4. The van der Waals surface area contributed by atoms with Gasteiger partial charge in [0, 0.05) is 0 Å². The second-order valence-electron chi connectivity index (χ2n) is 9.20. The Morgan fingerprint density at radius 2 is 1.22 bits per heavy atom. The second-order valence-corrected chi connectivity index (χ2v) is 9.20. The lowest BCUT2D eigenvalue weighted by Gasteiger charge is -2.32. The molecule has 4 nitrogen and oxygen atoms in total. The molecule has 1 fully saturated rings. The molecule has 1 aliphatic rings. The molecule has 1 saturated heterocycles. The molecule has 32 heavy (non-hydrogen) atoms. The summed E-state index contributed by atoms with van der Waals surface area (Å²) in [6.45, 7) is 8.22. The van der Waals surface area contributed by atoms with Gasteiger partial charge >= 0.3 is 13.1 Å². The van der Waals surface area contributed by atoms with Crippen molar-refractivity contribution < 1.29 is 18.8 Å². The summed E-state index contributed by atoms with van der Waals surface area (Å²) < 4.78 is 17.4. The van der Waals surface area contributed by atoms with Gasteiger partial charge in [-0.3, -0.25) is 4.79 Å². The van der Waals surface area contributed by atoms with E-state index in [0.29, 0.717) is 0 Å². The van der Waals surface area contributed by atoms with E-state index in [9.17, 15) is 4.79 Å². The number of methoxy groups -OCH3 is 1. The van der Waals surface area contributed by atoms with E-state index in [4.69, 9.17) is 14.0 Å². The van der Waals surface area contributed by atoms with Gasteiger partial charge in [-0.05, 0) is 55.4 Å². The topological polar surface area (TPSA) is 44.8 Å². The fourth-order valence-electron chi connectivity index (χ4n) is 3.91. The Morgan fingerprint density at radius 3 is 1.72 bits per heavy atom. The van der Waals surface area contributed by atoms with Gasteiger partial charge in [0.25, 0.3) is 0 Å². The molecule has 0 aromatic heterocycles. The van der Waals surface area contributed by atoms with E-state index in [1.165, 1.54) is 7.11 Å². The van der Waals surface area contributed by atoms with Crippen molar-refractivity contribution in [2.24, 2.45) is 0 Å². The first-order valence-electron chi connectivity index (χ1n) is 10.9. The summed E-state index contributed by atoms with van der Waals surface area (Å²) in [5.41, 5.74) is 4.26. The molecule has 0 amide bonds. The Hall–Kier alpha value is -2.89. The van der Waals surface area contributed by atoms with Crippen LogP contribution in [0.2, 0.25) is 0 Å². The Labute approximate surface area is 190 Å². The maximum Gasteiger partial charge on any atom is 0.494 e. The summed E-state index contributed by atoms with van der Waals surface area (Å²) in [6, 6.07) is 26.0. The molecule has 5 heteroatoms. The SMILES string of the molecule is COC(=O)C(c1ccccc1)c1ccc(-c2ccc(B3OC(C)(C)C(C)(C)O3)cc2)cc1. The molecule has 3 aromatic carbocycles. The molecule has 1 heterocycles. The van der Waals surface area contributed by atoms with Crippen LogP contribution in [0.15, 0.2) is 78.9 Å². The molecule has 0 saturated carbocycles. The van der Waals surface area contributed by atoms with Crippen LogP contribution in [0.1, 0.15) is 44.7 Å². The molecule has 0 spiro atoms. The van der Waals surface area contributed by atoms with Crippen molar-refractivity contribution >= 4 is 18.6 Å².